The van der Waals surface area contributed by atoms with Crippen molar-refractivity contribution in [2.24, 2.45) is 0 Å². The SMILES string of the molecule is CC(=O)Nc1ccc(C#N)c(Cl)c1C. The van der Waals surface area contributed by atoms with E-state index in [0.29, 0.717) is 21.8 Å². The highest BCUT2D eigenvalue weighted by Crippen LogP contribution is 2.26. The maximum Gasteiger partial charge on any atom is 0.221 e. The summed E-state index contributed by atoms with van der Waals surface area (Å²) >= 11 is 5.91. The smallest absolute Gasteiger partial charge is 0.221 e. The van der Waals surface area contributed by atoms with Crippen LogP contribution in [0.5, 0.6) is 0 Å². The van der Waals surface area contributed by atoms with E-state index in [1.807, 2.05) is 6.07 Å². The summed E-state index contributed by atoms with van der Waals surface area (Å²) in [6, 6.07) is 5.22. The van der Waals surface area contributed by atoms with Gasteiger partial charge in [-0.1, -0.05) is 11.6 Å². The van der Waals surface area contributed by atoms with Gasteiger partial charge in [-0.3, -0.25) is 4.79 Å². The van der Waals surface area contributed by atoms with Gasteiger partial charge < -0.3 is 5.32 Å². The minimum atomic E-state index is -0.158. The molecule has 1 aromatic rings. The van der Waals surface area contributed by atoms with Crippen LogP contribution in [0.25, 0.3) is 0 Å². The Morgan fingerprint density at radius 3 is 2.71 bits per heavy atom. The van der Waals surface area contributed by atoms with Crippen LogP contribution in [-0.4, -0.2) is 5.91 Å². The molecule has 1 rings (SSSR count). The van der Waals surface area contributed by atoms with Crippen LogP contribution in [0.4, 0.5) is 5.69 Å². The summed E-state index contributed by atoms with van der Waals surface area (Å²) in [6.07, 6.45) is 0. The number of nitriles is 1. The van der Waals surface area contributed by atoms with Crippen molar-refractivity contribution in [2.45, 2.75) is 13.8 Å². The lowest BCUT2D eigenvalue weighted by atomic mass is 10.1. The highest BCUT2D eigenvalue weighted by molar-refractivity contribution is 6.33. The maximum absolute atomic E-state index is 10.8. The molecule has 1 aromatic carbocycles. The molecular formula is C10H9ClN2O. The molecule has 72 valence electrons. The normalized spacial score (nSPS) is 9.29. The first-order valence-corrected chi connectivity index (χ1v) is 4.41. The van der Waals surface area contributed by atoms with E-state index in [1.54, 1.807) is 19.1 Å². The van der Waals surface area contributed by atoms with Crippen LogP contribution in [0.1, 0.15) is 18.1 Å². The Hall–Kier alpha value is -1.53. The molecule has 0 saturated heterocycles. The quantitative estimate of drug-likeness (QED) is 0.771. The van der Waals surface area contributed by atoms with Gasteiger partial charge in [0.05, 0.1) is 10.6 Å². The van der Waals surface area contributed by atoms with Crippen LogP contribution in [0.3, 0.4) is 0 Å². The number of hydrogen-bond donors (Lipinski definition) is 1. The third kappa shape index (κ3) is 2.04. The van der Waals surface area contributed by atoms with Crippen molar-refractivity contribution in [3.8, 4) is 6.07 Å². The van der Waals surface area contributed by atoms with E-state index in [9.17, 15) is 4.79 Å². The molecule has 0 aromatic heterocycles. The zero-order valence-electron chi connectivity index (χ0n) is 7.89. The maximum atomic E-state index is 10.8. The molecule has 0 fully saturated rings. The summed E-state index contributed by atoms with van der Waals surface area (Å²) in [6.45, 7) is 3.18. The van der Waals surface area contributed by atoms with Crippen molar-refractivity contribution < 1.29 is 4.79 Å². The molecule has 0 aliphatic carbocycles. The lowest BCUT2D eigenvalue weighted by Crippen LogP contribution is -2.07. The van der Waals surface area contributed by atoms with Crippen molar-refractivity contribution in [2.75, 3.05) is 5.32 Å². The molecule has 14 heavy (non-hydrogen) atoms. The molecule has 0 spiro atoms. The number of benzene rings is 1. The van der Waals surface area contributed by atoms with E-state index in [-0.39, 0.29) is 5.91 Å². The fourth-order valence-electron chi connectivity index (χ4n) is 1.10. The number of rotatable bonds is 1. The second kappa shape index (κ2) is 4.12. The van der Waals surface area contributed by atoms with Gasteiger partial charge in [0, 0.05) is 12.6 Å². The summed E-state index contributed by atoms with van der Waals surface area (Å²) < 4.78 is 0. The molecule has 1 amide bonds. The fraction of sp³-hybridized carbons (Fsp3) is 0.200. The minimum absolute atomic E-state index is 0.158. The predicted molar refractivity (Wildman–Crippen MR) is 55.2 cm³/mol. The fourth-order valence-corrected chi connectivity index (χ4v) is 1.30. The number of amides is 1. The summed E-state index contributed by atoms with van der Waals surface area (Å²) in [5.41, 5.74) is 1.76. The van der Waals surface area contributed by atoms with Crippen molar-refractivity contribution in [3.63, 3.8) is 0 Å². The predicted octanol–water partition coefficient (Wildman–Crippen LogP) is 2.48. The lowest BCUT2D eigenvalue weighted by molar-refractivity contribution is -0.114. The van der Waals surface area contributed by atoms with Crippen LogP contribution < -0.4 is 5.32 Å². The summed E-state index contributed by atoms with van der Waals surface area (Å²) in [4.78, 5) is 10.8. The van der Waals surface area contributed by atoms with E-state index < -0.39 is 0 Å². The number of anilines is 1. The van der Waals surface area contributed by atoms with Gasteiger partial charge >= 0.3 is 0 Å². The van der Waals surface area contributed by atoms with Crippen molar-refractivity contribution in [1.29, 1.82) is 5.26 Å². The van der Waals surface area contributed by atoms with Crippen molar-refractivity contribution in [1.82, 2.24) is 0 Å². The Morgan fingerprint density at radius 2 is 2.21 bits per heavy atom. The van der Waals surface area contributed by atoms with Crippen LogP contribution >= 0.6 is 11.6 Å². The molecule has 4 heteroatoms. The number of carbonyl (C=O) groups excluding carboxylic acids is 1. The van der Waals surface area contributed by atoms with E-state index in [1.165, 1.54) is 6.92 Å². The molecule has 1 N–H and O–H groups in total. The topological polar surface area (TPSA) is 52.9 Å². The van der Waals surface area contributed by atoms with Crippen LogP contribution in [0.15, 0.2) is 12.1 Å². The number of carbonyl (C=O) groups is 1. The molecule has 3 nitrogen and oxygen atoms in total. The first-order valence-electron chi connectivity index (χ1n) is 4.03. The zero-order chi connectivity index (χ0) is 10.7. The summed E-state index contributed by atoms with van der Waals surface area (Å²) in [5.74, 6) is -0.158. The van der Waals surface area contributed by atoms with E-state index in [4.69, 9.17) is 16.9 Å². The molecule has 0 aliphatic rings. The molecule has 0 saturated carbocycles. The van der Waals surface area contributed by atoms with E-state index >= 15 is 0 Å². The molecule has 0 bridgehead atoms. The average molecular weight is 209 g/mol. The third-order valence-corrected chi connectivity index (χ3v) is 2.30. The largest absolute Gasteiger partial charge is 0.326 e. The number of nitrogens with zero attached hydrogens (tertiary/aromatic N) is 1. The van der Waals surface area contributed by atoms with Gasteiger partial charge in [-0.05, 0) is 24.6 Å². The zero-order valence-corrected chi connectivity index (χ0v) is 8.64. The summed E-state index contributed by atoms with van der Waals surface area (Å²) in [7, 11) is 0. The first kappa shape index (κ1) is 10.6. The van der Waals surface area contributed by atoms with Gasteiger partial charge in [-0.15, -0.1) is 0 Å². The Kier molecular flexibility index (Phi) is 3.10. The van der Waals surface area contributed by atoms with Gasteiger partial charge in [0.15, 0.2) is 0 Å². The molecular weight excluding hydrogens is 200 g/mol. The lowest BCUT2D eigenvalue weighted by Gasteiger charge is -2.08. The number of hydrogen-bond acceptors (Lipinski definition) is 2. The molecule has 0 heterocycles. The van der Waals surface area contributed by atoms with Crippen molar-refractivity contribution in [3.05, 3.63) is 28.3 Å². The monoisotopic (exact) mass is 208 g/mol. The van der Waals surface area contributed by atoms with Gasteiger partial charge in [-0.2, -0.15) is 5.26 Å². The van der Waals surface area contributed by atoms with Crippen LogP contribution in [0.2, 0.25) is 5.02 Å². The van der Waals surface area contributed by atoms with Crippen LogP contribution in [0, 0.1) is 18.3 Å². The molecule has 0 aliphatic heterocycles. The molecule has 0 unspecified atom stereocenters. The Balaban J connectivity index is 3.18. The van der Waals surface area contributed by atoms with Crippen LogP contribution in [-0.2, 0) is 4.79 Å². The van der Waals surface area contributed by atoms with Gasteiger partial charge in [-0.25, -0.2) is 0 Å². The Bertz CT molecular complexity index is 421. The average Bonchev–Trinajstić information content (AvgIpc) is 2.13. The Labute approximate surface area is 87.3 Å². The molecule has 0 atom stereocenters. The third-order valence-electron chi connectivity index (χ3n) is 1.82. The first-order chi connectivity index (χ1) is 6.56. The van der Waals surface area contributed by atoms with Gasteiger partial charge in [0.2, 0.25) is 5.91 Å². The standard InChI is InChI=1S/C10H9ClN2O/c1-6-9(13-7(2)14)4-3-8(5-12)10(6)11/h3-4H,1-2H3,(H,13,14). The van der Waals surface area contributed by atoms with E-state index in [0.717, 1.165) is 0 Å². The minimum Gasteiger partial charge on any atom is -0.326 e. The second-order valence-electron chi connectivity index (χ2n) is 2.89. The van der Waals surface area contributed by atoms with Gasteiger partial charge in [0.25, 0.3) is 0 Å². The highest BCUT2D eigenvalue weighted by atomic mass is 35.5. The number of nitrogens with one attached hydrogen (secondary N) is 1. The summed E-state index contributed by atoms with van der Waals surface area (Å²) in [5, 5.41) is 11.7. The van der Waals surface area contributed by atoms with Gasteiger partial charge in [0.1, 0.15) is 6.07 Å². The number of halogens is 1. The highest BCUT2D eigenvalue weighted by Gasteiger charge is 2.07. The molecule has 0 radical (unpaired) electrons. The van der Waals surface area contributed by atoms with Crippen molar-refractivity contribution >= 4 is 23.2 Å². The second-order valence-corrected chi connectivity index (χ2v) is 3.27. The Morgan fingerprint density at radius 1 is 1.57 bits per heavy atom. The van der Waals surface area contributed by atoms with E-state index in [2.05, 4.69) is 5.32 Å².